The average molecular weight is 554 g/mol. The fraction of sp³-hybridized carbons (Fsp3) is 0.304. The second-order valence-electron chi connectivity index (χ2n) is 8.47. The summed E-state index contributed by atoms with van der Waals surface area (Å²) in [5, 5.41) is 5.12. The van der Waals surface area contributed by atoms with E-state index in [0.29, 0.717) is 29.4 Å². The highest BCUT2D eigenvalue weighted by atomic mass is 127. The molecule has 0 saturated heterocycles. The summed E-state index contributed by atoms with van der Waals surface area (Å²) in [7, 11) is 0. The van der Waals surface area contributed by atoms with Crippen LogP contribution in [0.25, 0.3) is 11.3 Å². The van der Waals surface area contributed by atoms with Crippen molar-refractivity contribution < 1.29 is 13.9 Å². The maximum atomic E-state index is 14.7. The molecule has 8 heteroatoms. The number of rotatable bonds is 2. The first-order valence-corrected chi connectivity index (χ1v) is 11.3. The molecule has 2 heterocycles. The van der Waals surface area contributed by atoms with Crippen LogP contribution in [0.15, 0.2) is 48.5 Å². The molecule has 1 aliphatic rings. The van der Waals surface area contributed by atoms with Crippen LogP contribution in [-0.4, -0.2) is 32.9 Å². The van der Waals surface area contributed by atoms with E-state index in [0.717, 1.165) is 14.8 Å². The van der Waals surface area contributed by atoms with Gasteiger partial charge in [-0.3, -0.25) is 9.58 Å². The predicted octanol–water partition coefficient (Wildman–Crippen LogP) is 6.29. The molecule has 0 saturated carbocycles. The van der Waals surface area contributed by atoms with Gasteiger partial charge in [0.2, 0.25) is 0 Å². The molecule has 3 aromatic rings. The highest BCUT2D eigenvalue weighted by molar-refractivity contribution is 14.1. The molecule has 1 aliphatic heterocycles. The molecule has 162 valence electrons. The lowest BCUT2D eigenvalue weighted by atomic mass is 10.0. The summed E-state index contributed by atoms with van der Waals surface area (Å²) in [5.41, 5.74) is 2.18. The lowest BCUT2D eigenvalue weighted by Gasteiger charge is -2.35. The predicted molar refractivity (Wildman–Crippen MR) is 127 cm³/mol. The van der Waals surface area contributed by atoms with Gasteiger partial charge in [-0.25, -0.2) is 9.18 Å². The summed E-state index contributed by atoms with van der Waals surface area (Å²) in [4.78, 5) is 14.6. The number of aromatic nitrogens is 2. The minimum absolute atomic E-state index is 0.213. The monoisotopic (exact) mass is 553 g/mol. The topological polar surface area (TPSA) is 47.4 Å². The first-order valence-electron chi connectivity index (χ1n) is 9.89. The van der Waals surface area contributed by atoms with E-state index in [1.807, 2.05) is 55.8 Å². The Morgan fingerprint density at radius 1 is 1.23 bits per heavy atom. The second-order valence-corrected chi connectivity index (χ2v) is 9.98. The van der Waals surface area contributed by atoms with E-state index in [-0.39, 0.29) is 12.1 Å². The summed E-state index contributed by atoms with van der Waals surface area (Å²) >= 11 is 8.11. The second kappa shape index (κ2) is 8.43. The number of amides is 1. The van der Waals surface area contributed by atoms with Crippen LogP contribution >= 0.6 is 34.2 Å². The Morgan fingerprint density at radius 3 is 2.58 bits per heavy atom. The lowest BCUT2D eigenvalue weighted by molar-refractivity contribution is 0.0174. The maximum absolute atomic E-state index is 14.7. The molecule has 0 radical (unpaired) electrons. The van der Waals surface area contributed by atoms with Crippen molar-refractivity contribution in [1.29, 1.82) is 0 Å². The molecule has 1 aromatic heterocycles. The Hall–Kier alpha value is -2.13. The number of nitrogens with zero attached hydrogens (tertiary/aromatic N) is 3. The Bertz CT molecular complexity index is 1130. The van der Waals surface area contributed by atoms with Crippen LogP contribution in [0.3, 0.4) is 0 Å². The summed E-state index contributed by atoms with van der Waals surface area (Å²) < 4.78 is 23.0. The van der Waals surface area contributed by atoms with E-state index in [2.05, 4.69) is 22.6 Å². The van der Waals surface area contributed by atoms with Crippen molar-refractivity contribution in [3.8, 4) is 11.3 Å². The fourth-order valence-corrected chi connectivity index (χ4v) is 4.60. The van der Waals surface area contributed by atoms with Crippen LogP contribution in [0.1, 0.15) is 38.1 Å². The van der Waals surface area contributed by atoms with Crippen LogP contribution in [0.2, 0.25) is 5.02 Å². The zero-order valence-corrected chi connectivity index (χ0v) is 20.3. The van der Waals surface area contributed by atoms with Crippen molar-refractivity contribution >= 4 is 40.3 Å². The zero-order chi connectivity index (χ0) is 22.3. The highest BCUT2D eigenvalue weighted by Gasteiger charge is 2.35. The largest absolute Gasteiger partial charge is 0.444 e. The van der Waals surface area contributed by atoms with Crippen LogP contribution in [0.5, 0.6) is 0 Å². The third kappa shape index (κ3) is 4.57. The minimum Gasteiger partial charge on any atom is -0.444 e. The third-order valence-corrected chi connectivity index (χ3v) is 6.37. The van der Waals surface area contributed by atoms with Crippen molar-refractivity contribution in [2.75, 3.05) is 6.54 Å². The van der Waals surface area contributed by atoms with E-state index < -0.39 is 11.4 Å². The van der Waals surface area contributed by atoms with Crippen LogP contribution in [-0.2, 0) is 11.3 Å². The number of carbonyl (C=O) groups excluding carboxylic acids is 1. The van der Waals surface area contributed by atoms with Crippen molar-refractivity contribution in [1.82, 2.24) is 14.7 Å². The van der Waals surface area contributed by atoms with Gasteiger partial charge in [0.25, 0.3) is 0 Å². The maximum Gasteiger partial charge on any atom is 0.410 e. The van der Waals surface area contributed by atoms with E-state index in [4.69, 9.17) is 21.4 Å². The van der Waals surface area contributed by atoms with Gasteiger partial charge in [-0.05, 0) is 67.1 Å². The normalized spacial score (nSPS) is 16.2. The molecule has 1 atom stereocenters. The van der Waals surface area contributed by atoms with Crippen molar-refractivity contribution in [3.05, 3.63) is 74.2 Å². The number of halogens is 3. The number of ether oxygens (including phenoxy) is 1. The van der Waals surface area contributed by atoms with Gasteiger partial charge >= 0.3 is 6.09 Å². The van der Waals surface area contributed by atoms with Gasteiger partial charge in [0.05, 0.1) is 28.4 Å². The van der Waals surface area contributed by atoms with Gasteiger partial charge in [0, 0.05) is 10.6 Å². The fourth-order valence-electron chi connectivity index (χ4n) is 3.62. The number of carbonyl (C=O) groups is 1. The molecule has 4 rings (SSSR count). The van der Waals surface area contributed by atoms with Gasteiger partial charge in [-0.1, -0.05) is 41.9 Å². The lowest BCUT2D eigenvalue weighted by Crippen LogP contribution is -2.44. The average Bonchev–Trinajstić information content (AvgIpc) is 3.03. The molecule has 0 spiro atoms. The van der Waals surface area contributed by atoms with Crippen LogP contribution in [0.4, 0.5) is 9.18 Å². The molecule has 0 N–H and O–H groups in total. The van der Waals surface area contributed by atoms with E-state index >= 15 is 0 Å². The molecule has 5 nitrogen and oxygen atoms in total. The zero-order valence-electron chi connectivity index (χ0n) is 17.4. The Labute approximate surface area is 199 Å². The Morgan fingerprint density at radius 2 is 1.94 bits per heavy atom. The summed E-state index contributed by atoms with van der Waals surface area (Å²) in [6.45, 7) is 6.28. The summed E-state index contributed by atoms with van der Waals surface area (Å²) in [6, 6.07) is 14.2. The number of benzene rings is 2. The molecule has 1 unspecified atom stereocenters. The standard InChI is InChI=1S/C23H22ClFIN3O2/c1-23(2,3)31-22(30)28-12-18(14-7-5-4-6-8-14)29-19(13-28)20(26)21(27-29)16-10-9-15(24)11-17(16)25/h4-11,18H,12-13H2,1-3H3. The van der Waals surface area contributed by atoms with Gasteiger partial charge in [-0.2, -0.15) is 5.10 Å². The number of fused-ring (bicyclic) bond motifs is 1. The first kappa shape index (κ1) is 22.1. The van der Waals surface area contributed by atoms with Gasteiger partial charge < -0.3 is 4.74 Å². The Balaban J connectivity index is 1.80. The van der Waals surface area contributed by atoms with Crippen LogP contribution in [0, 0.1) is 9.39 Å². The summed E-state index contributed by atoms with van der Waals surface area (Å²) in [5.74, 6) is -0.430. The molecule has 31 heavy (non-hydrogen) atoms. The SMILES string of the molecule is CC(C)(C)OC(=O)N1Cc2c(I)c(-c3ccc(Cl)cc3F)nn2C(c2ccccc2)C1. The smallest absolute Gasteiger partial charge is 0.410 e. The summed E-state index contributed by atoms with van der Waals surface area (Å²) in [6.07, 6.45) is -0.379. The molecule has 0 aliphatic carbocycles. The molecule has 0 bridgehead atoms. The van der Waals surface area contributed by atoms with E-state index in [1.54, 1.807) is 17.0 Å². The Kier molecular flexibility index (Phi) is 6.00. The third-order valence-electron chi connectivity index (χ3n) is 5.00. The molecule has 0 fully saturated rings. The van der Waals surface area contributed by atoms with E-state index in [1.165, 1.54) is 6.07 Å². The first-order chi connectivity index (χ1) is 14.6. The van der Waals surface area contributed by atoms with Crippen molar-refractivity contribution in [2.24, 2.45) is 0 Å². The quantitative estimate of drug-likeness (QED) is 0.351. The van der Waals surface area contributed by atoms with Gasteiger partial charge in [0.1, 0.15) is 17.1 Å². The molecule has 1 amide bonds. The highest BCUT2D eigenvalue weighted by Crippen LogP contribution is 2.36. The number of hydrogen-bond donors (Lipinski definition) is 0. The number of hydrogen-bond acceptors (Lipinski definition) is 3. The minimum atomic E-state index is -0.595. The molecular formula is C23H22ClFIN3O2. The van der Waals surface area contributed by atoms with Crippen molar-refractivity contribution in [3.63, 3.8) is 0 Å². The van der Waals surface area contributed by atoms with Crippen molar-refractivity contribution in [2.45, 2.75) is 39.0 Å². The molecule has 2 aromatic carbocycles. The molecular weight excluding hydrogens is 532 g/mol. The van der Waals surface area contributed by atoms with Gasteiger partial charge in [-0.15, -0.1) is 0 Å². The van der Waals surface area contributed by atoms with Gasteiger partial charge in [0.15, 0.2) is 0 Å². The van der Waals surface area contributed by atoms with Crippen LogP contribution < -0.4 is 0 Å². The van der Waals surface area contributed by atoms with E-state index in [9.17, 15) is 9.18 Å².